The molecule has 0 bridgehead atoms. The maximum Gasteiger partial charge on any atom is 0.0467 e. The van der Waals surface area contributed by atoms with Crippen LogP contribution in [0.2, 0.25) is 0 Å². The number of allylic oxidation sites excluding steroid dienone is 4. The average Bonchev–Trinajstić information content (AvgIpc) is 3.72. The van der Waals surface area contributed by atoms with E-state index in [1.54, 1.807) is 0 Å². The lowest BCUT2D eigenvalue weighted by atomic mass is 9.80. The van der Waals surface area contributed by atoms with Gasteiger partial charge in [0.05, 0.1) is 0 Å². The number of rotatable bonds is 7. The van der Waals surface area contributed by atoms with Gasteiger partial charge in [0.1, 0.15) is 0 Å². The van der Waals surface area contributed by atoms with Crippen molar-refractivity contribution in [3.63, 3.8) is 0 Å². The molecule has 0 saturated carbocycles. The van der Waals surface area contributed by atoms with Crippen molar-refractivity contribution in [2.75, 3.05) is 4.90 Å². The number of hydrogen-bond donors (Lipinski definition) is 0. The van der Waals surface area contributed by atoms with E-state index in [0.29, 0.717) is 5.92 Å². The number of hydrogen-bond acceptors (Lipinski definition) is 2. The van der Waals surface area contributed by atoms with Crippen molar-refractivity contribution in [3.8, 4) is 33.4 Å². The molecule has 9 aromatic carbocycles. The predicted octanol–water partition coefficient (Wildman–Crippen LogP) is 15.2. The van der Waals surface area contributed by atoms with Crippen LogP contribution in [0.4, 0.5) is 17.1 Å². The molecule has 62 heavy (non-hydrogen) atoms. The summed E-state index contributed by atoms with van der Waals surface area (Å²) in [5.74, 6) is 0.390. The van der Waals surface area contributed by atoms with Gasteiger partial charge in [-0.3, -0.25) is 0 Å². The molecule has 0 N–H and O–H groups in total. The molecule has 0 aliphatic heterocycles. The topological polar surface area (TPSA) is 3.24 Å². The van der Waals surface area contributed by atoms with E-state index >= 15 is 0 Å². The number of benzene rings is 9. The lowest BCUT2D eigenvalue weighted by Crippen LogP contribution is -2.35. The molecule has 0 radical (unpaired) electrons. The number of thiophene rings is 1. The minimum Gasteiger partial charge on any atom is -0.310 e. The molecule has 1 atom stereocenters. The first-order chi connectivity index (χ1) is 30.7. The Hall–Kier alpha value is -7.52. The number of nitrogens with zero attached hydrogens (tertiary/aromatic N) is 1. The van der Waals surface area contributed by atoms with E-state index in [2.05, 4.69) is 235 Å². The van der Waals surface area contributed by atoms with Crippen LogP contribution < -0.4 is 15.3 Å². The third kappa shape index (κ3) is 6.39. The summed E-state index contributed by atoms with van der Waals surface area (Å²) in [7, 11) is 0. The van der Waals surface area contributed by atoms with Gasteiger partial charge in [0.25, 0.3) is 0 Å². The lowest BCUT2D eigenvalue weighted by Gasteiger charge is -2.27. The summed E-state index contributed by atoms with van der Waals surface area (Å²) in [5.41, 5.74) is 14.7. The van der Waals surface area contributed by atoms with Crippen LogP contribution in [0, 0.1) is 5.92 Å². The fourth-order valence-corrected chi connectivity index (χ4v) is 10.9. The zero-order valence-electron chi connectivity index (χ0n) is 34.1. The Balaban J connectivity index is 0.951. The Labute approximate surface area is 365 Å². The largest absolute Gasteiger partial charge is 0.310 e. The van der Waals surface area contributed by atoms with Crippen molar-refractivity contribution in [2.45, 2.75) is 6.42 Å². The number of fused-ring (bicyclic) bond motifs is 6. The highest BCUT2D eigenvalue weighted by Gasteiger charge is 2.22. The number of anilines is 3. The summed E-state index contributed by atoms with van der Waals surface area (Å²) in [6.45, 7) is 0. The highest BCUT2D eigenvalue weighted by atomic mass is 32.1. The van der Waals surface area contributed by atoms with E-state index in [9.17, 15) is 0 Å². The fourth-order valence-electron chi connectivity index (χ4n) is 9.79. The Morgan fingerprint density at radius 1 is 0.403 bits per heavy atom. The van der Waals surface area contributed by atoms with Crippen molar-refractivity contribution in [1.29, 1.82) is 0 Å². The molecule has 10 aromatic rings. The molecule has 0 spiro atoms. The van der Waals surface area contributed by atoms with Gasteiger partial charge in [0, 0.05) is 43.2 Å². The summed E-state index contributed by atoms with van der Waals surface area (Å²) in [6.07, 6.45) is 10.0. The van der Waals surface area contributed by atoms with Crippen LogP contribution >= 0.6 is 11.3 Å². The first-order valence-corrected chi connectivity index (χ1v) is 22.3. The van der Waals surface area contributed by atoms with Crippen LogP contribution in [-0.2, 0) is 0 Å². The Bertz CT molecular complexity index is 3540. The van der Waals surface area contributed by atoms with Crippen LogP contribution in [0.25, 0.3) is 75.5 Å². The molecular formula is C60H41NS. The molecule has 0 fully saturated rings. The predicted molar refractivity (Wildman–Crippen MR) is 266 cm³/mol. The van der Waals surface area contributed by atoms with Gasteiger partial charge in [-0.1, -0.05) is 176 Å². The van der Waals surface area contributed by atoms with Crippen LogP contribution in [0.15, 0.2) is 231 Å². The second-order valence-electron chi connectivity index (χ2n) is 16.4. The molecular weight excluding hydrogens is 767 g/mol. The van der Waals surface area contributed by atoms with Gasteiger partial charge < -0.3 is 4.90 Å². The van der Waals surface area contributed by atoms with Gasteiger partial charge in [-0.15, -0.1) is 11.3 Å². The maximum absolute atomic E-state index is 2.40. The van der Waals surface area contributed by atoms with Crippen LogP contribution in [0.3, 0.4) is 0 Å². The van der Waals surface area contributed by atoms with Gasteiger partial charge in [-0.05, 0) is 132 Å². The molecule has 0 saturated heterocycles. The Morgan fingerprint density at radius 3 is 1.89 bits per heavy atom. The van der Waals surface area contributed by atoms with Gasteiger partial charge in [-0.2, -0.15) is 0 Å². The molecule has 1 aromatic heterocycles. The summed E-state index contributed by atoms with van der Waals surface area (Å²) in [6, 6.07) is 76.1. The first-order valence-electron chi connectivity index (χ1n) is 21.5. The summed E-state index contributed by atoms with van der Waals surface area (Å²) in [5, 5.41) is 7.86. The second-order valence-corrected chi connectivity index (χ2v) is 17.5. The first kappa shape index (κ1) is 36.3. The Morgan fingerprint density at radius 2 is 1.03 bits per heavy atom. The zero-order chi connectivity index (χ0) is 41.0. The van der Waals surface area contributed by atoms with E-state index in [-0.39, 0.29) is 0 Å². The highest BCUT2D eigenvalue weighted by Crippen LogP contribution is 2.41. The molecule has 2 aliphatic rings. The molecule has 12 rings (SSSR count). The zero-order valence-corrected chi connectivity index (χ0v) is 34.9. The van der Waals surface area contributed by atoms with E-state index < -0.39 is 0 Å². The van der Waals surface area contributed by atoms with Crippen LogP contribution in [0.1, 0.15) is 12.0 Å². The Kier molecular flexibility index (Phi) is 8.90. The summed E-state index contributed by atoms with van der Waals surface area (Å²) < 4.78 is 2.65. The van der Waals surface area contributed by atoms with E-state index in [1.165, 1.54) is 91.5 Å². The maximum atomic E-state index is 2.40. The third-order valence-electron chi connectivity index (χ3n) is 12.8. The van der Waals surface area contributed by atoms with Crippen LogP contribution in [0.5, 0.6) is 0 Å². The van der Waals surface area contributed by atoms with Crippen molar-refractivity contribution >= 4 is 70.5 Å². The lowest BCUT2D eigenvalue weighted by molar-refractivity contribution is 0.845. The smallest absolute Gasteiger partial charge is 0.0467 e. The van der Waals surface area contributed by atoms with E-state index in [1.807, 2.05) is 11.3 Å². The summed E-state index contributed by atoms with van der Waals surface area (Å²) in [4.78, 5) is 2.40. The van der Waals surface area contributed by atoms with Crippen molar-refractivity contribution in [1.82, 2.24) is 0 Å². The highest BCUT2D eigenvalue weighted by molar-refractivity contribution is 7.25. The average molecular weight is 808 g/mol. The van der Waals surface area contributed by atoms with Crippen LogP contribution in [-0.4, -0.2) is 0 Å². The molecule has 2 heteroatoms. The molecule has 2 aliphatic carbocycles. The fraction of sp³-hybridized carbons (Fsp3) is 0.0333. The van der Waals surface area contributed by atoms with E-state index in [4.69, 9.17) is 0 Å². The molecule has 1 unspecified atom stereocenters. The normalized spacial score (nSPS) is 14.4. The quantitative estimate of drug-likeness (QED) is 0.155. The molecule has 1 heterocycles. The van der Waals surface area contributed by atoms with Crippen molar-refractivity contribution in [2.24, 2.45) is 5.92 Å². The van der Waals surface area contributed by atoms with Gasteiger partial charge >= 0.3 is 0 Å². The van der Waals surface area contributed by atoms with Gasteiger partial charge in [0.15, 0.2) is 0 Å². The van der Waals surface area contributed by atoms with Gasteiger partial charge in [-0.25, -0.2) is 0 Å². The minimum absolute atomic E-state index is 0.390. The van der Waals surface area contributed by atoms with Crippen molar-refractivity contribution in [3.05, 3.63) is 247 Å². The van der Waals surface area contributed by atoms with Gasteiger partial charge in [0.2, 0.25) is 0 Å². The third-order valence-corrected chi connectivity index (χ3v) is 14.0. The summed E-state index contributed by atoms with van der Waals surface area (Å²) >= 11 is 1.87. The standard InChI is InChI=1S/C60H41NS/c1-3-19-51-41(12-1)14-11-24-52(51)46-17-9-15-43(36-46)44-16-10-18-50(37-44)61(48-31-26-40(27-32-48)45-30-35-57-56-23-7-8-25-59(56)62-60(57)39-45)49-33-28-42(29-34-49)58-38-47-13-2-4-20-53(47)54-21-5-6-22-55(54)58/h1-37,39,47H,38H2. The monoisotopic (exact) mass is 807 g/mol. The van der Waals surface area contributed by atoms with Crippen molar-refractivity contribution < 1.29 is 0 Å². The molecule has 1 nitrogen and oxygen atoms in total. The SMILES string of the molecule is C1=CC2=c3ccccc3=C(c3ccc(N(c4ccc(-c5ccc6c(c5)sc5ccccc56)cc4)c4cccc(-c5cccc(-c6cccc7ccccc67)c5)c4)cc3)CC2C=C1. The molecule has 292 valence electrons. The minimum atomic E-state index is 0.390. The molecule has 0 amide bonds. The van der Waals surface area contributed by atoms with E-state index in [0.717, 1.165) is 23.5 Å². The second kappa shape index (κ2) is 15.2.